The minimum Gasteiger partial charge on any atom is -0.354 e. The monoisotopic (exact) mass is 532 g/mol. The molecular formula is C31H28N6O3. The minimum absolute atomic E-state index is 0.0684. The molecular weight excluding hydrogens is 504 g/mol. The second kappa shape index (κ2) is 11.0. The van der Waals surface area contributed by atoms with Crippen LogP contribution in [0.15, 0.2) is 79.3 Å². The van der Waals surface area contributed by atoms with Crippen molar-refractivity contribution in [3.63, 3.8) is 0 Å². The maximum absolute atomic E-state index is 13.3. The Labute approximate surface area is 231 Å². The van der Waals surface area contributed by atoms with E-state index in [1.165, 1.54) is 30.5 Å². The van der Waals surface area contributed by atoms with Crippen molar-refractivity contribution in [3.8, 4) is 0 Å². The van der Waals surface area contributed by atoms with E-state index in [2.05, 4.69) is 37.6 Å². The molecule has 1 aromatic heterocycles. The molecule has 0 bridgehead atoms. The van der Waals surface area contributed by atoms with Crippen molar-refractivity contribution in [1.82, 2.24) is 14.9 Å². The van der Waals surface area contributed by atoms with Gasteiger partial charge in [0, 0.05) is 41.8 Å². The molecule has 200 valence electrons. The summed E-state index contributed by atoms with van der Waals surface area (Å²) in [7, 11) is 0. The number of nitro benzene ring substituents is 1. The third kappa shape index (κ3) is 5.41. The van der Waals surface area contributed by atoms with Gasteiger partial charge in [0.2, 0.25) is 0 Å². The predicted molar refractivity (Wildman–Crippen MR) is 157 cm³/mol. The molecule has 0 saturated carbocycles. The van der Waals surface area contributed by atoms with Crippen LogP contribution in [0.4, 0.5) is 17.1 Å². The molecule has 9 nitrogen and oxygen atoms in total. The van der Waals surface area contributed by atoms with Crippen LogP contribution in [-0.2, 0) is 11.3 Å². The summed E-state index contributed by atoms with van der Waals surface area (Å²) in [5, 5.41) is 17.8. The van der Waals surface area contributed by atoms with Crippen LogP contribution < -0.4 is 10.6 Å². The van der Waals surface area contributed by atoms with Gasteiger partial charge >= 0.3 is 0 Å². The van der Waals surface area contributed by atoms with Gasteiger partial charge in [-0.3, -0.25) is 19.8 Å². The SMILES string of the molecule is O=C1Nc2ccc([N+](=O)[O-])cc2C1=C(Nc1ccc(C=Cc2c[nH]cn2)cc1)c1ccc(CN2CCCC2)cc1. The molecule has 4 aromatic rings. The molecule has 2 aliphatic rings. The molecule has 0 aliphatic carbocycles. The van der Waals surface area contributed by atoms with Crippen molar-refractivity contribution in [2.75, 3.05) is 23.7 Å². The summed E-state index contributed by atoms with van der Waals surface area (Å²) in [6, 6.07) is 20.4. The van der Waals surface area contributed by atoms with Gasteiger partial charge in [0.25, 0.3) is 11.6 Å². The summed E-state index contributed by atoms with van der Waals surface area (Å²) in [6.07, 6.45) is 9.80. The molecule has 3 N–H and O–H groups in total. The second-order valence-electron chi connectivity index (χ2n) is 9.95. The van der Waals surface area contributed by atoms with E-state index < -0.39 is 4.92 Å². The van der Waals surface area contributed by atoms with Gasteiger partial charge in [-0.05, 0) is 66.9 Å². The molecule has 3 heterocycles. The first-order valence-electron chi connectivity index (χ1n) is 13.2. The lowest BCUT2D eigenvalue weighted by atomic mass is 9.98. The van der Waals surface area contributed by atoms with Crippen molar-refractivity contribution < 1.29 is 9.72 Å². The second-order valence-corrected chi connectivity index (χ2v) is 9.95. The van der Waals surface area contributed by atoms with Crippen molar-refractivity contribution in [2.24, 2.45) is 0 Å². The van der Waals surface area contributed by atoms with Crippen LogP contribution in [-0.4, -0.2) is 38.8 Å². The number of rotatable bonds is 8. The first-order valence-corrected chi connectivity index (χ1v) is 13.2. The van der Waals surface area contributed by atoms with Crippen molar-refractivity contribution in [1.29, 1.82) is 0 Å². The molecule has 40 heavy (non-hydrogen) atoms. The maximum atomic E-state index is 13.3. The third-order valence-electron chi connectivity index (χ3n) is 7.20. The number of nitrogens with zero attached hydrogens (tertiary/aromatic N) is 3. The normalized spacial score (nSPS) is 16.2. The van der Waals surface area contributed by atoms with Crippen molar-refractivity contribution >= 4 is 46.4 Å². The fourth-order valence-corrected chi connectivity index (χ4v) is 5.14. The molecule has 2 aliphatic heterocycles. The Morgan fingerprint density at radius 2 is 1.80 bits per heavy atom. The molecule has 0 radical (unpaired) electrons. The Morgan fingerprint density at radius 3 is 2.50 bits per heavy atom. The highest BCUT2D eigenvalue weighted by molar-refractivity contribution is 6.37. The van der Waals surface area contributed by atoms with Gasteiger partial charge in [-0.25, -0.2) is 4.98 Å². The fourth-order valence-electron chi connectivity index (χ4n) is 5.14. The van der Waals surface area contributed by atoms with E-state index in [0.29, 0.717) is 22.5 Å². The quantitative estimate of drug-likeness (QED) is 0.145. The van der Waals surface area contributed by atoms with Gasteiger partial charge < -0.3 is 15.6 Å². The highest BCUT2D eigenvalue weighted by Crippen LogP contribution is 2.39. The van der Waals surface area contributed by atoms with Crippen LogP contribution in [0.3, 0.4) is 0 Å². The van der Waals surface area contributed by atoms with Gasteiger partial charge in [0.05, 0.1) is 28.2 Å². The zero-order valence-corrected chi connectivity index (χ0v) is 21.8. The number of aromatic amines is 1. The van der Waals surface area contributed by atoms with Crippen LogP contribution in [0.2, 0.25) is 0 Å². The van der Waals surface area contributed by atoms with Crippen LogP contribution in [0.1, 0.15) is 40.8 Å². The van der Waals surface area contributed by atoms with Gasteiger partial charge in [0.15, 0.2) is 0 Å². The summed E-state index contributed by atoms with van der Waals surface area (Å²) in [4.78, 5) is 33.9. The lowest BCUT2D eigenvalue weighted by Crippen LogP contribution is -2.18. The smallest absolute Gasteiger partial charge is 0.270 e. The Balaban J connectivity index is 1.36. The molecule has 6 rings (SSSR count). The molecule has 0 unspecified atom stereocenters. The van der Waals surface area contributed by atoms with Crippen molar-refractivity contribution in [2.45, 2.75) is 19.4 Å². The summed E-state index contributed by atoms with van der Waals surface area (Å²) < 4.78 is 0. The standard InChI is InChI=1S/C31H28N6O3/c38-31-29(27-17-26(37(39)40)13-14-28(27)35-31)30(23-8-3-22(4-9-23)19-36-15-1-2-16-36)34-24-10-5-21(6-11-24)7-12-25-18-32-20-33-25/h3-14,17-18,20,34H,1-2,15-16,19H2,(H,32,33)(H,35,38). The average molecular weight is 533 g/mol. The predicted octanol–water partition coefficient (Wildman–Crippen LogP) is 6.02. The van der Waals surface area contributed by atoms with Gasteiger partial charge in [-0.15, -0.1) is 0 Å². The van der Waals surface area contributed by atoms with Gasteiger partial charge in [-0.2, -0.15) is 0 Å². The van der Waals surface area contributed by atoms with E-state index in [-0.39, 0.29) is 11.6 Å². The number of imidazole rings is 1. The summed E-state index contributed by atoms with van der Waals surface area (Å²) in [5.41, 5.74) is 6.57. The van der Waals surface area contributed by atoms with Crippen LogP contribution >= 0.6 is 0 Å². The van der Waals surface area contributed by atoms with E-state index in [0.717, 1.165) is 42.1 Å². The Hall–Kier alpha value is -5.02. The summed E-state index contributed by atoms with van der Waals surface area (Å²) >= 11 is 0. The first-order chi connectivity index (χ1) is 19.5. The van der Waals surface area contributed by atoms with E-state index in [9.17, 15) is 14.9 Å². The molecule has 1 amide bonds. The van der Waals surface area contributed by atoms with Crippen LogP contribution in [0.25, 0.3) is 23.4 Å². The number of carbonyl (C=O) groups excluding carboxylic acids is 1. The molecule has 0 atom stereocenters. The number of benzene rings is 3. The average Bonchev–Trinajstić information content (AvgIpc) is 3.73. The Kier molecular flexibility index (Phi) is 6.95. The third-order valence-corrected chi connectivity index (χ3v) is 7.20. The lowest BCUT2D eigenvalue weighted by molar-refractivity contribution is -0.384. The summed E-state index contributed by atoms with van der Waals surface area (Å²) in [5.74, 6) is -0.308. The highest BCUT2D eigenvalue weighted by atomic mass is 16.6. The largest absolute Gasteiger partial charge is 0.354 e. The zero-order valence-electron chi connectivity index (χ0n) is 21.8. The van der Waals surface area contributed by atoms with E-state index in [1.54, 1.807) is 12.4 Å². The molecule has 9 heteroatoms. The molecule has 1 saturated heterocycles. The fraction of sp³-hybridized carbons (Fsp3) is 0.161. The molecule has 3 aromatic carbocycles. The number of nitro groups is 1. The topological polar surface area (TPSA) is 116 Å². The lowest BCUT2D eigenvalue weighted by Gasteiger charge is -2.17. The van der Waals surface area contributed by atoms with Crippen molar-refractivity contribution in [3.05, 3.63) is 117 Å². The van der Waals surface area contributed by atoms with Crippen LogP contribution in [0, 0.1) is 10.1 Å². The molecule has 0 spiro atoms. The number of carbonyl (C=O) groups is 1. The number of H-pyrrole nitrogens is 1. The minimum atomic E-state index is -0.448. The Morgan fingerprint density at radius 1 is 1.02 bits per heavy atom. The number of fused-ring (bicyclic) bond motifs is 1. The van der Waals surface area contributed by atoms with E-state index in [4.69, 9.17) is 0 Å². The Bertz CT molecular complexity index is 1600. The first kappa shape index (κ1) is 25.3. The van der Waals surface area contributed by atoms with Gasteiger partial charge in [-0.1, -0.05) is 42.5 Å². The van der Waals surface area contributed by atoms with E-state index in [1.807, 2.05) is 54.7 Å². The number of hydrogen-bond acceptors (Lipinski definition) is 6. The zero-order chi connectivity index (χ0) is 27.5. The maximum Gasteiger partial charge on any atom is 0.270 e. The highest BCUT2D eigenvalue weighted by Gasteiger charge is 2.30. The number of hydrogen-bond donors (Lipinski definition) is 3. The van der Waals surface area contributed by atoms with E-state index >= 15 is 0 Å². The van der Waals surface area contributed by atoms with Gasteiger partial charge in [0.1, 0.15) is 0 Å². The van der Waals surface area contributed by atoms with Crippen LogP contribution in [0.5, 0.6) is 0 Å². The number of nitrogens with one attached hydrogen (secondary N) is 3. The molecule has 1 fully saturated rings. The summed E-state index contributed by atoms with van der Waals surface area (Å²) in [6.45, 7) is 3.12. The number of aromatic nitrogens is 2. The number of likely N-dealkylation sites (tertiary alicyclic amines) is 1. The number of amides is 1. The number of anilines is 2. The number of non-ortho nitro benzene ring substituents is 1.